The number of hydrogen-bond donors (Lipinski definition) is 0. The van der Waals surface area contributed by atoms with Crippen LogP contribution < -0.4 is 15.4 Å². The highest BCUT2D eigenvalue weighted by Gasteiger charge is 2.27. The van der Waals surface area contributed by atoms with Crippen LogP contribution in [0.1, 0.15) is 18.2 Å². The minimum absolute atomic E-state index is 0.0343. The normalized spacial score (nSPS) is 11.5. The van der Waals surface area contributed by atoms with E-state index in [1.54, 1.807) is 18.2 Å². The number of nitrogens with zero attached hydrogens (tertiary/aromatic N) is 2. The van der Waals surface area contributed by atoms with E-state index < -0.39 is 26.3 Å². The van der Waals surface area contributed by atoms with E-state index in [0.29, 0.717) is 12.0 Å². The van der Waals surface area contributed by atoms with Gasteiger partial charge < -0.3 is 4.18 Å². The third-order valence-electron chi connectivity index (χ3n) is 3.71. The van der Waals surface area contributed by atoms with Gasteiger partial charge in [-0.05, 0) is 25.0 Å². The van der Waals surface area contributed by atoms with Crippen LogP contribution in [0.4, 0.5) is 0 Å². The van der Waals surface area contributed by atoms with Gasteiger partial charge in [0.1, 0.15) is 5.75 Å². The topological polar surface area (TPSA) is 87.4 Å². The Morgan fingerprint density at radius 3 is 2.30 bits per heavy atom. The van der Waals surface area contributed by atoms with Gasteiger partial charge in [-0.25, -0.2) is 4.79 Å². The first kappa shape index (κ1) is 17.0. The molecule has 0 aliphatic carbocycles. The van der Waals surface area contributed by atoms with Crippen LogP contribution >= 0.6 is 0 Å². The van der Waals surface area contributed by atoms with E-state index in [1.165, 1.54) is 27.1 Å². The summed E-state index contributed by atoms with van der Waals surface area (Å²) >= 11 is 0. The molecule has 0 aliphatic heterocycles. The number of para-hydroxylation sites is 1. The summed E-state index contributed by atoms with van der Waals surface area (Å²) in [6.45, 7) is 3.26. The van der Waals surface area contributed by atoms with Gasteiger partial charge in [0, 0.05) is 19.8 Å². The van der Waals surface area contributed by atoms with Gasteiger partial charge in [-0.2, -0.15) is 8.42 Å². The minimum atomic E-state index is -4.36. The van der Waals surface area contributed by atoms with Gasteiger partial charge in [-0.15, -0.1) is 0 Å². The molecule has 0 saturated heterocycles. The Bertz CT molecular complexity index is 970. The molecule has 0 spiro atoms. The molecule has 0 bridgehead atoms. The predicted molar refractivity (Wildman–Crippen MR) is 85.3 cm³/mol. The molecular weight excluding hydrogens is 320 g/mol. The van der Waals surface area contributed by atoms with Gasteiger partial charge in [0.15, 0.2) is 4.90 Å². The number of benzene rings is 1. The zero-order chi connectivity index (χ0) is 17.4. The molecule has 0 amide bonds. The lowest BCUT2D eigenvalue weighted by atomic mass is 10.1. The van der Waals surface area contributed by atoms with Crippen molar-refractivity contribution in [2.24, 2.45) is 14.1 Å². The first-order valence-corrected chi connectivity index (χ1v) is 8.40. The summed E-state index contributed by atoms with van der Waals surface area (Å²) in [5.41, 5.74) is -0.762. The van der Waals surface area contributed by atoms with Crippen LogP contribution in [0.2, 0.25) is 0 Å². The molecule has 0 atom stereocenters. The van der Waals surface area contributed by atoms with E-state index in [-0.39, 0.29) is 11.4 Å². The van der Waals surface area contributed by atoms with Crippen LogP contribution in [0.15, 0.2) is 38.8 Å². The van der Waals surface area contributed by atoms with Gasteiger partial charge in [0.25, 0.3) is 5.56 Å². The molecule has 23 heavy (non-hydrogen) atoms. The van der Waals surface area contributed by atoms with Crippen molar-refractivity contribution in [3.63, 3.8) is 0 Å². The number of aryl methyl sites for hydroxylation is 1. The molecule has 1 heterocycles. The van der Waals surface area contributed by atoms with Crippen LogP contribution in [-0.4, -0.2) is 17.6 Å². The van der Waals surface area contributed by atoms with Crippen molar-refractivity contribution < 1.29 is 12.6 Å². The van der Waals surface area contributed by atoms with E-state index >= 15 is 0 Å². The molecule has 8 heteroatoms. The molecule has 2 rings (SSSR count). The quantitative estimate of drug-likeness (QED) is 0.767. The average molecular weight is 338 g/mol. The maximum atomic E-state index is 12.6. The highest BCUT2D eigenvalue weighted by molar-refractivity contribution is 7.87. The van der Waals surface area contributed by atoms with Crippen molar-refractivity contribution in [3.05, 3.63) is 56.4 Å². The second-order valence-corrected chi connectivity index (χ2v) is 6.60. The maximum Gasteiger partial charge on any atom is 0.346 e. The number of rotatable bonds is 4. The SMILES string of the molecule is CCc1ccccc1OS(=O)(=O)c1c(C)n(C)c(=O)n(C)c1=O. The predicted octanol–water partition coefficient (Wildman–Crippen LogP) is 0.723. The Morgan fingerprint density at radius 1 is 1.09 bits per heavy atom. The van der Waals surface area contributed by atoms with Crippen molar-refractivity contribution in [1.29, 1.82) is 0 Å². The van der Waals surface area contributed by atoms with E-state index in [0.717, 1.165) is 9.13 Å². The van der Waals surface area contributed by atoms with E-state index in [1.807, 2.05) is 6.92 Å². The molecule has 2 aromatic rings. The summed E-state index contributed by atoms with van der Waals surface area (Å²) < 4.78 is 32.2. The maximum absolute atomic E-state index is 12.6. The second-order valence-electron chi connectivity index (χ2n) is 5.12. The van der Waals surface area contributed by atoms with Gasteiger partial charge in [0.2, 0.25) is 0 Å². The smallest absolute Gasteiger partial charge is 0.346 e. The van der Waals surface area contributed by atoms with Gasteiger partial charge in [-0.1, -0.05) is 25.1 Å². The van der Waals surface area contributed by atoms with E-state index in [4.69, 9.17) is 4.18 Å². The molecule has 0 saturated carbocycles. The van der Waals surface area contributed by atoms with Crippen molar-refractivity contribution in [3.8, 4) is 5.75 Å². The molecule has 0 unspecified atom stereocenters. The van der Waals surface area contributed by atoms with Crippen molar-refractivity contribution in [1.82, 2.24) is 9.13 Å². The van der Waals surface area contributed by atoms with Crippen LogP contribution in [0.5, 0.6) is 5.75 Å². The molecular formula is C15H18N2O5S. The number of aromatic nitrogens is 2. The first-order chi connectivity index (χ1) is 10.7. The van der Waals surface area contributed by atoms with Gasteiger partial charge in [0.05, 0.1) is 0 Å². The highest BCUT2D eigenvalue weighted by atomic mass is 32.2. The lowest BCUT2D eigenvalue weighted by molar-refractivity contribution is 0.476. The zero-order valence-electron chi connectivity index (χ0n) is 13.4. The fourth-order valence-electron chi connectivity index (χ4n) is 2.24. The van der Waals surface area contributed by atoms with Crippen molar-refractivity contribution in [2.45, 2.75) is 25.2 Å². The Hall–Kier alpha value is -2.35. The standard InChI is InChI=1S/C15H18N2O5S/c1-5-11-8-6-7-9-12(11)22-23(20,21)13-10(2)16(3)15(19)17(4)14(13)18/h6-9H,5H2,1-4H3. The Balaban J connectivity index is 2.67. The lowest BCUT2D eigenvalue weighted by Gasteiger charge is -2.14. The Kier molecular flexibility index (Phi) is 4.46. The highest BCUT2D eigenvalue weighted by Crippen LogP contribution is 2.23. The molecule has 1 aromatic heterocycles. The Morgan fingerprint density at radius 2 is 1.70 bits per heavy atom. The molecule has 124 valence electrons. The first-order valence-electron chi connectivity index (χ1n) is 6.99. The summed E-state index contributed by atoms with van der Waals surface area (Å²) in [5.74, 6) is 0.172. The second kappa shape index (κ2) is 6.04. The zero-order valence-corrected chi connectivity index (χ0v) is 14.2. The van der Waals surface area contributed by atoms with Crippen LogP contribution in [0.3, 0.4) is 0 Å². The van der Waals surface area contributed by atoms with Gasteiger partial charge >= 0.3 is 15.8 Å². The molecule has 0 fully saturated rings. The molecule has 0 radical (unpaired) electrons. The summed E-state index contributed by atoms with van der Waals surface area (Å²) in [7, 11) is -1.74. The number of hydrogen-bond acceptors (Lipinski definition) is 5. The average Bonchev–Trinajstić information content (AvgIpc) is 2.51. The van der Waals surface area contributed by atoms with Crippen LogP contribution in [0, 0.1) is 6.92 Å². The minimum Gasteiger partial charge on any atom is -0.378 e. The molecule has 7 nitrogen and oxygen atoms in total. The lowest BCUT2D eigenvalue weighted by Crippen LogP contribution is -2.41. The summed E-state index contributed by atoms with van der Waals surface area (Å²) in [4.78, 5) is 23.5. The third-order valence-corrected chi connectivity index (χ3v) is 5.08. The van der Waals surface area contributed by atoms with Crippen molar-refractivity contribution >= 4 is 10.1 Å². The largest absolute Gasteiger partial charge is 0.378 e. The Labute approximate surface area is 133 Å². The van der Waals surface area contributed by atoms with E-state index in [9.17, 15) is 18.0 Å². The van der Waals surface area contributed by atoms with Crippen LogP contribution in [0.25, 0.3) is 0 Å². The monoisotopic (exact) mass is 338 g/mol. The fourth-order valence-corrected chi connectivity index (χ4v) is 3.57. The van der Waals surface area contributed by atoms with E-state index in [2.05, 4.69) is 0 Å². The summed E-state index contributed by atoms with van der Waals surface area (Å²) in [6.07, 6.45) is 0.579. The molecule has 0 N–H and O–H groups in total. The van der Waals surface area contributed by atoms with Gasteiger partial charge in [-0.3, -0.25) is 13.9 Å². The third kappa shape index (κ3) is 2.94. The molecule has 0 aliphatic rings. The summed E-state index contributed by atoms with van der Waals surface area (Å²) in [5, 5.41) is 0. The van der Waals surface area contributed by atoms with Crippen molar-refractivity contribution in [2.75, 3.05) is 0 Å². The summed E-state index contributed by atoms with van der Waals surface area (Å²) in [6, 6.07) is 6.69. The fraction of sp³-hybridized carbons (Fsp3) is 0.333. The van der Waals surface area contributed by atoms with Crippen LogP contribution in [-0.2, 0) is 30.6 Å². The molecule has 1 aromatic carbocycles.